The van der Waals surface area contributed by atoms with E-state index in [0.29, 0.717) is 36.2 Å². The van der Waals surface area contributed by atoms with E-state index in [2.05, 4.69) is 25.5 Å². The molecule has 1 fully saturated rings. The Balaban J connectivity index is 0.00000361. The third kappa shape index (κ3) is 6.87. The fourth-order valence-electron chi connectivity index (χ4n) is 3.84. The molecule has 36 heavy (non-hydrogen) atoms. The molecule has 11 heteroatoms. The summed E-state index contributed by atoms with van der Waals surface area (Å²) in [4.78, 5) is 22.9. The van der Waals surface area contributed by atoms with Crippen LogP contribution in [0, 0.1) is 6.92 Å². The van der Waals surface area contributed by atoms with Crippen molar-refractivity contribution in [3.8, 4) is 11.5 Å². The number of nitrogens with zero attached hydrogens (tertiary/aromatic N) is 3. The zero-order valence-electron chi connectivity index (χ0n) is 20.7. The smallest absolute Gasteiger partial charge is 0.411 e. The van der Waals surface area contributed by atoms with Gasteiger partial charge < -0.3 is 24.3 Å². The summed E-state index contributed by atoms with van der Waals surface area (Å²) in [5, 5.41) is 6.88. The first-order chi connectivity index (χ1) is 17.1. The van der Waals surface area contributed by atoms with Gasteiger partial charge in [-0.1, -0.05) is 0 Å². The Morgan fingerprint density at radius 2 is 1.94 bits per heavy atom. The van der Waals surface area contributed by atoms with Gasteiger partial charge in [0.05, 0.1) is 32.4 Å². The maximum absolute atomic E-state index is 11.7. The van der Waals surface area contributed by atoms with Gasteiger partial charge in [0.25, 0.3) is 0 Å². The number of carbonyl (C=O) groups is 1. The molecule has 0 atom stereocenters. The molecule has 1 aliphatic rings. The second-order valence-corrected chi connectivity index (χ2v) is 8.05. The normalized spacial score (nSPS) is 13.5. The minimum atomic E-state index is -0.479. The molecule has 0 unspecified atom stereocenters. The summed E-state index contributed by atoms with van der Waals surface area (Å²) < 4.78 is 22.0. The number of methoxy groups -OCH3 is 1. The molecular formula is C25H32ClN5O5. The van der Waals surface area contributed by atoms with E-state index in [0.717, 1.165) is 55.0 Å². The quantitative estimate of drug-likeness (QED) is 0.427. The van der Waals surface area contributed by atoms with Crippen LogP contribution in [0.25, 0.3) is 10.9 Å². The largest absolute Gasteiger partial charge is 0.493 e. The van der Waals surface area contributed by atoms with Crippen molar-refractivity contribution in [2.75, 3.05) is 63.8 Å². The first-order valence-corrected chi connectivity index (χ1v) is 11.6. The van der Waals surface area contributed by atoms with E-state index in [4.69, 9.17) is 18.9 Å². The van der Waals surface area contributed by atoms with Gasteiger partial charge in [-0.2, -0.15) is 0 Å². The Morgan fingerprint density at radius 3 is 2.67 bits per heavy atom. The lowest BCUT2D eigenvalue weighted by Crippen LogP contribution is -2.38. The lowest BCUT2D eigenvalue weighted by molar-refractivity contribution is 0.0321. The Kier molecular flexibility index (Phi) is 9.92. The summed E-state index contributed by atoms with van der Waals surface area (Å²) in [6.07, 6.45) is 1.03. The number of morpholine rings is 1. The number of carbonyl (C=O) groups excluding carboxylic acids is 1. The third-order valence-corrected chi connectivity index (χ3v) is 5.69. The molecule has 10 nitrogen and oxygen atoms in total. The Morgan fingerprint density at radius 1 is 1.14 bits per heavy atom. The number of aromatic nitrogens is 2. The van der Waals surface area contributed by atoms with E-state index in [1.165, 1.54) is 6.33 Å². The maximum atomic E-state index is 11.7. The molecule has 1 aliphatic heterocycles. The van der Waals surface area contributed by atoms with Gasteiger partial charge in [-0.05, 0) is 43.7 Å². The molecule has 1 aromatic heterocycles. The van der Waals surface area contributed by atoms with Crippen molar-refractivity contribution in [2.24, 2.45) is 0 Å². The molecule has 3 aromatic rings. The van der Waals surface area contributed by atoms with Crippen molar-refractivity contribution in [1.82, 2.24) is 14.9 Å². The van der Waals surface area contributed by atoms with Crippen molar-refractivity contribution in [3.05, 3.63) is 42.2 Å². The number of fused-ring (bicyclic) bond motifs is 1. The van der Waals surface area contributed by atoms with Crippen LogP contribution in [0.15, 0.2) is 36.7 Å². The molecule has 1 saturated heterocycles. The molecule has 194 valence electrons. The standard InChI is InChI=1S/C25H31N5O5.ClH/c1-4-34-25(31)29-20-6-5-18(13-17(20)2)28-24-19-14-22(32-3)23(15-21(19)26-16-27-24)35-12-9-30-7-10-33-11-8-30;/h5-6,13-16H,4,7-12H2,1-3H3,(H,29,31)(H,26,27,28);1H. The number of anilines is 3. The molecule has 0 spiro atoms. The van der Waals surface area contributed by atoms with E-state index in [1.54, 1.807) is 14.0 Å². The van der Waals surface area contributed by atoms with Crippen LogP contribution in [0.1, 0.15) is 12.5 Å². The number of rotatable bonds is 9. The Bertz CT molecular complexity index is 1170. The molecule has 0 aliphatic carbocycles. The highest BCUT2D eigenvalue weighted by Crippen LogP contribution is 2.35. The molecule has 2 aromatic carbocycles. The van der Waals surface area contributed by atoms with E-state index in [1.807, 2.05) is 37.3 Å². The van der Waals surface area contributed by atoms with Crippen molar-refractivity contribution in [1.29, 1.82) is 0 Å². The fraction of sp³-hybridized carbons (Fsp3) is 0.400. The predicted molar refractivity (Wildman–Crippen MR) is 141 cm³/mol. The van der Waals surface area contributed by atoms with Gasteiger partial charge in [-0.25, -0.2) is 14.8 Å². The topological polar surface area (TPSA) is 107 Å². The SMILES string of the molecule is CCOC(=O)Nc1ccc(Nc2ncnc3cc(OCCN4CCOCC4)c(OC)cc23)cc1C.Cl. The summed E-state index contributed by atoms with van der Waals surface area (Å²) in [7, 11) is 1.62. The number of nitrogens with one attached hydrogen (secondary N) is 2. The van der Waals surface area contributed by atoms with Crippen LogP contribution in [0.3, 0.4) is 0 Å². The van der Waals surface area contributed by atoms with Crippen LogP contribution in [-0.2, 0) is 9.47 Å². The highest BCUT2D eigenvalue weighted by molar-refractivity contribution is 5.93. The lowest BCUT2D eigenvalue weighted by Gasteiger charge is -2.26. The average Bonchev–Trinajstić information content (AvgIpc) is 2.86. The van der Waals surface area contributed by atoms with Crippen LogP contribution in [0.4, 0.5) is 22.0 Å². The highest BCUT2D eigenvalue weighted by Gasteiger charge is 2.14. The minimum Gasteiger partial charge on any atom is -0.493 e. The molecule has 1 amide bonds. The number of hydrogen-bond acceptors (Lipinski definition) is 9. The Hall–Kier alpha value is -3.34. The number of benzene rings is 2. The van der Waals surface area contributed by atoms with Gasteiger partial charge in [0.1, 0.15) is 18.8 Å². The number of halogens is 1. The fourth-order valence-corrected chi connectivity index (χ4v) is 3.84. The summed E-state index contributed by atoms with van der Waals surface area (Å²) in [6, 6.07) is 9.36. The molecule has 4 rings (SSSR count). The summed E-state index contributed by atoms with van der Waals surface area (Å²) in [5.74, 6) is 1.89. The summed E-state index contributed by atoms with van der Waals surface area (Å²) in [6.45, 7) is 8.71. The van der Waals surface area contributed by atoms with Gasteiger partial charge in [0.2, 0.25) is 0 Å². The lowest BCUT2D eigenvalue weighted by atomic mass is 10.1. The van der Waals surface area contributed by atoms with Crippen LogP contribution < -0.4 is 20.1 Å². The number of hydrogen-bond donors (Lipinski definition) is 2. The molecular weight excluding hydrogens is 486 g/mol. The molecule has 0 bridgehead atoms. The van der Waals surface area contributed by atoms with E-state index in [9.17, 15) is 4.79 Å². The van der Waals surface area contributed by atoms with Gasteiger partial charge >= 0.3 is 6.09 Å². The zero-order valence-corrected chi connectivity index (χ0v) is 21.5. The predicted octanol–water partition coefficient (Wildman–Crippen LogP) is 4.39. The monoisotopic (exact) mass is 517 g/mol. The van der Waals surface area contributed by atoms with Crippen molar-refractivity contribution < 1.29 is 23.7 Å². The van der Waals surface area contributed by atoms with Gasteiger partial charge in [-0.15, -0.1) is 12.4 Å². The number of ether oxygens (including phenoxy) is 4. The summed E-state index contributed by atoms with van der Waals surface area (Å²) >= 11 is 0. The summed E-state index contributed by atoms with van der Waals surface area (Å²) in [5.41, 5.74) is 3.13. The van der Waals surface area contributed by atoms with Crippen LogP contribution in [-0.4, -0.2) is 74.1 Å². The van der Waals surface area contributed by atoms with Crippen LogP contribution in [0.5, 0.6) is 11.5 Å². The van der Waals surface area contributed by atoms with E-state index in [-0.39, 0.29) is 12.4 Å². The highest BCUT2D eigenvalue weighted by atomic mass is 35.5. The average molecular weight is 518 g/mol. The number of amides is 1. The number of aryl methyl sites for hydroxylation is 1. The van der Waals surface area contributed by atoms with Crippen LogP contribution >= 0.6 is 12.4 Å². The first kappa shape index (κ1) is 27.3. The van der Waals surface area contributed by atoms with Gasteiger partial charge in [-0.3, -0.25) is 10.2 Å². The Labute approximate surface area is 216 Å². The van der Waals surface area contributed by atoms with E-state index < -0.39 is 6.09 Å². The second kappa shape index (κ2) is 13.1. The third-order valence-electron chi connectivity index (χ3n) is 5.69. The van der Waals surface area contributed by atoms with Crippen molar-refractivity contribution in [3.63, 3.8) is 0 Å². The first-order valence-electron chi connectivity index (χ1n) is 11.6. The molecule has 2 N–H and O–H groups in total. The minimum absolute atomic E-state index is 0. The molecule has 0 radical (unpaired) electrons. The zero-order chi connectivity index (χ0) is 24.6. The van der Waals surface area contributed by atoms with E-state index >= 15 is 0 Å². The maximum Gasteiger partial charge on any atom is 0.411 e. The molecule has 2 heterocycles. The second-order valence-electron chi connectivity index (χ2n) is 8.05. The molecule has 0 saturated carbocycles. The van der Waals surface area contributed by atoms with Crippen LogP contribution in [0.2, 0.25) is 0 Å². The van der Waals surface area contributed by atoms with Gasteiger partial charge in [0.15, 0.2) is 11.5 Å². The van der Waals surface area contributed by atoms with Crippen molar-refractivity contribution >= 4 is 46.6 Å². The van der Waals surface area contributed by atoms with Gasteiger partial charge in [0, 0.05) is 42.5 Å². The van der Waals surface area contributed by atoms with Crippen molar-refractivity contribution in [2.45, 2.75) is 13.8 Å².